The molecule has 2 rings (SSSR count). The predicted octanol–water partition coefficient (Wildman–Crippen LogP) is -0.584. The molecule has 0 aliphatic carbocycles. The Morgan fingerprint density at radius 1 is 1.39 bits per heavy atom. The highest BCUT2D eigenvalue weighted by atomic mass is 79.9. The van der Waals surface area contributed by atoms with Gasteiger partial charge >= 0.3 is 0 Å². The second kappa shape index (κ2) is 6.52. The lowest BCUT2D eigenvalue weighted by molar-refractivity contribution is -0.682. The van der Waals surface area contributed by atoms with Crippen molar-refractivity contribution in [3.05, 3.63) is 60.2 Å². The van der Waals surface area contributed by atoms with Crippen LogP contribution in [0.2, 0.25) is 5.02 Å². The van der Waals surface area contributed by atoms with Crippen LogP contribution in [0.15, 0.2) is 49.6 Å². The van der Waals surface area contributed by atoms with Crippen molar-refractivity contribution in [2.45, 2.75) is 6.54 Å². The van der Waals surface area contributed by atoms with Gasteiger partial charge < -0.3 is 17.0 Å². The molecule has 1 aromatic carbocycles. The zero-order chi connectivity index (χ0) is 12.3. The highest BCUT2D eigenvalue weighted by Crippen LogP contribution is 2.09. The number of hydrogen-bond acceptors (Lipinski definition) is 1. The van der Waals surface area contributed by atoms with Crippen molar-refractivity contribution in [1.29, 1.82) is 0 Å². The lowest BCUT2D eigenvalue weighted by Gasteiger charge is -1.98. The van der Waals surface area contributed by atoms with Gasteiger partial charge in [0, 0.05) is 10.6 Å². The van der Waals surface area contributed by atoms with E-state index in [-0.39, 0.29) is 22.8 Å². The minimum absolute atomic E-state index is 0. The summed E-state index contributed by atoms with van der Waals surface area (Å²) in [5.41, 5.74) is 0.660. The fraction of sp³-hybridized carbons (Fsp3) is 0.0769. The normalized spacial score (nSPS) is 9.61. The molecule has 0 aliphatic rings. The van der Waals surface area contributed by atoms with E-state index in [1.807, 2.05) is 12.4 Å². The maximum Gasteiger partial charge on any atom is 0.248 e. The van der Waals surface area contributed by atoms with Crippen LogP contribution in [-0.2, 0) is 6.54 Å². The Kier molecular flexibility index (Phi) is 5.31. The van der Waals surface area contributed by atoms with Crippen LogP contribution in [0.5, 0.6) is 0 Å². The first-order chi connectivity index (χ1) is 8.19. The summed E-state index contributed by atoms with van der Waals surface area (Å²) in [6.45, 7) is 3.95. The minimum Gasteiger partial charge on any atom is -1.00 e. The molecule has 0 spiro atoms. The van der Waals surface area contributed by atoms with Crippen LogP contribution in [0, 0.1) is 0 Å². The van der Waals surface area contributed by atoms with Gasteiger partial charge in [0.2, 0.25) is 12.1 Å². The molecule has 18 heavy (non-hydrogen) atoms. The molecular weight excluding hydrogens is 316 g/mol. The predicted molar refractivity (Wildman–Crippen MR) is 66.8 cm³/mol. The van der Waals surface area contributed by atoms with E-state index in [1.165, 1.54) is 0 Å². The molecular formula is C13H12BrClN2O. The number of Topliss-reactive ketones (excluding diaryl/α,β-unsaturated/α-hetero) is 1. The van der Waals surface area contributed by atoms with Crippen LogP contribution in [0.25, 0.3) is 6.20 Å². The summed E-state index contributed by atoms with van der Waals surface area (Å²) in [5, 5.41) is 0.631. The Labute approximate surface area is 121 Å². The Morgan fingerprint density at radius 2 is 2.06 bits per heavy atom. The first-order valence-electron chi connectivity index (χ1n) is 5.17. The quantitative estimate of drug-likeness (QED) is 0.545. The molecule has 0 amide bonds. The molecule has 0 atom stereocenters. The number of carbonyl (C=O) groups excluding carboxylic acids is 1. The van der Waals surface area contributed by atoms with Crippen molar-refractivity contribution in [3.63, 3.8) is 0 Å². The molecule has 0 fully saturated rings. The van der Waals surface area contributed by atoms with Gasteiger partial charge in [-0.2, -0.15) is 0 Å². The van der Waals surface area contributed by atoms with E-state index in [4.69, 9.17) is 11.6 Å². The molecule has 0 saturated carbocycles. The lowest BCUT2D eigenvalue weighted by Crippen LogP contribution is -3.00. The number of imidazole rings is 1. The van der Waals surface area contributed by atoms with Crippen molar-refractivity contribution in [1.82, 2.24) is 4.57 Å². The van der Waals surface area contributed by atoms with Crippen molar-refractivity contribution >= 4 is 23.6 Å². The molecule has 0 aliphatic heterocycles. The van der Waals surface area contributed by atoms with E-state index in [0.29, 0.717) is 17.1 Å². The standard InChI is InChI=1S/C13H12ClN2O.BrH/c1-2-15-7-8-16(10-15)9-13(17)11-3-5-12(14)6-4-11;/h2-8,10H,1,9H2;1H/q+1;/p-1. The van der Waals surface area contributed by atoms with Gasteiger partial charge in [-0.3, -0.25) is 4.79 Å². The second-order valence-corrected chi connectivity index (χ2v) is 4.08. The van der Waals surface area contributed by atoms with Gasteiger partial charge in [0.1, 0.15) is 12.4 Å². The van der Waals surface area contributed by atoms with Gasteiger partial charge in [0.05, 0.1) is 6.20 Å². The maximum atomic E-state index is 11.9. The summed E-state index contributed by atoms with van der Waals surface area (Å²) in [6.07, 6.45) is 7.14. The van der Waals surface area contributed by atoms with E-state index in [2.05, 4.69) is 6.58 Å². The zero-order valence-corrected chi connectivity index (χ0v) is 11.9. The van der Waals surface area contributed by atoms with Crippen molar-refractivity contribution < 1.29 is 26.3 Å². The minimum atomic E-state index is 0. The molecule has 1 aromatic heterocycles. The number of hydrogen-bond donors (Lipinski definition) is 0. The number of carbonyl (C=O) groups is 1. The highest BCUT2D eigenvalue weighted by Gasteiger charge is 2.10. The van der Waals surface area contributed by atoms with E-state index in [1.54, 1.807) is 45.9 Å². The zero-order valence-electron chi connectivity index (χ0n) is 9.59. The van der Waals surface area contributed by atoms with Crippen molar-refractivity contribution in [3.8, 4) is 0 Å². The molecule has 0 radical (unpaired) electrons. The van der Waals surface area contributed by atoms with E-state index in [9.17, 15) is 4.79 Å². The van der Waals surface area contributed by atoms with Gasteiger partial charge in [-0.15, -0.1) is 0 Å². The first-order valence-corrected chi connectivity index (χ1v) is 5.54. The van der Waals surface area contributed by atoms with Gasteiger partial charge in [0.25, 0.3) is 0 Å². The van der Waals surface area contributed by atoms with Gasteiger partial charge in [-0.25, -0.2) is 9.13 Å². The molecule has 94 valence electrons. The van der Waals surface area contributed by atoms with Gasteiger partial charge in [-0.05, 0) is 24.3 Å². The number of ketones is 1. The Bertz CT molecular complexity index is 548. The van der Waals surface area contributed by atoms with Crippen LogP contribution in [0.4, 0.5) is 0 Å². The van der Waals surface area contributed by atoms with Gasteiger partial charge in [0.15, 0.2) is 6.54 Å². The monoisotopic (exact) mass is 326 g/mol. The average molecular weight is 328 g/mol. The lowest BCUT2D eigenvalue weighted by atomic mass is 10.1. The van der Waals surface area contributed by atoms with Crippen LogP contribution in [0.1, 0.15) is 10.4 Å². The Morgan fingerprint density at radius 3 is 2.61 bits per heavy atom. The number of nitrogens with zero attached hydrogens (tertiary/aromatic N) is 2. The number of benzene rings is 1. The highest BCUT2D eigenvalue weighted by molar-refractivity contribution is 6.30. The maximum absolute atomic E-state index is 11.9. The summed E-state index contributed by atoms with van der Waals surface area (Å²) in [6, 6.07) is 6.90. The van der Waals surface area contributed by atoms with Gasteiger partial charge in [-0.1, -0.05) is 18.2 Å². The first kappa shape index (κ1) is 14.7. The van der Waals surface area contributed by atoms with E-state index in [0.717, 1.165) is 0 Å². The number of aromatic nitrogens is 2. The van der Waals surface area contributed by atoms with Crippen LogP contribution < -0.4 is 21.5 Å². The number of rotatable bonds is 4. The summed E-state index contributed by atoms with van der Waals surface area (Å²) in [7, 11) is 0. The molecule has 3 nitrogen and oxygen atoms in total. The van der Waals surface area contributed by atoms with Crippen LogP contribution >= 0.6 is 11.6 Å². The fourth-order valence-electron chi connectivity index (χ4n) is 1.51. The van der Waals surface area contributed by atoms with Crippen LogP contribution in [0.3, 0.4) is 0 Å². The average Bonchev–Trinajstić information content (AvgIpc) is 2.77. The third-order valence-corrected chi connectivity index (χ3v) is 2.67. The molecule has 0 N–H and O–H groups in total. The largest absolute Gasteiger partial charge is 1.00 e. The third-order valence-electron chi connectivity index (χ3n) is 2.42. The molecule has 5 heteroatoms. The van der Waals surface area contributed by atoms with E-state index < -0.39 is 0 Å². The topological polar surface area (TPSA) is 25.9 Å². The third kappa shape index (κ3) is 3.55. The van der Waals surface area contributed by atoms with Crippen molar-refractivity contribution in [2.75, 3.05) is 0 Å². The SMILES string of the molecule is C=Cn1cc[n+](CC(=O)c2ccc(Cl)cc2)c1.[Br-]. The summed E-state index contributed by atoms with van der Waals surface area (Å²) >= 11 is 5.77. The molecule has 0 bridgehead atoms. The van der Waals surface area contributed by atoms with Crippen LogP contribution in [-0.4, -0.2) is 10.4 Å². The number of halogens is 2. The smallest absolute Gasteiger partial charge is 0.248 e. The second-order valence-electron chi connectivity index (χ2n) is 3.65. The summed E-state index contributed by atoms with van der Waals surface area (Å²) < 4.78 is 3.59. The summed E-state index contributed by atoms with van der Waals surface area (Å²) in [4.78, 5) is 11.9. The van der Waals surface area contributed by atoms with E-state index >= 15 is 0 Å². The van der Waals surface area contributed by atoms with Crippen molar-refractivity contribution in [2.24, 2.45) is 0 Å². The molecule has 2 aromatic rings. The fourth-order valence-corrected chi connectivity index (χ4v) is 1.63. The molecule has 1 heterocycles. The Hall–Kier alpha value is -1.39. The molecule has 0 unspecified atom stereocenters. The Balaban J connectivity index is 0.00000162. The summed E-state index contributed by atoms with van der Waals surface area (Å²) in [5.74, 6) is 0.0495. The molecule has 0 saturated heterocycles.